The van der Waals surface area contributed by atoms with Crippen molar-refractivity contribution in [3.8, 4) is 0 Å². The number of alkyl halides is 1. The van der Waals surface area contributed by atoms with Crippen LogP contribution in [0.2, 0.25) is 0 Å². The average Bonchev–Trinajstić information content (AvgIpc) is 2.38. The van der Waals surface area contributed by atoms with Crippen LogP contribution in [0.15, 0.2) is 24.3 Å². The van der Waals surface area contributed by atoms with Crippen molar-refractivity contribution in [3.63, 3.8) is 0 Å². The standard InChI is InChI=1S/C13H19ClN2O2S/c1-11-4-3-7-16(10-11)19(17,18)15-13-6-2-5-12(8-13)9-14/h2,5-6,8,11,15H,3-4,7,9-10H2,1H3. The molecule has 0 radical (unpaired) electrons. The topological polar surface area (TPSA) is 49.4 Å². The third-order valence-electron chi connectivity index (χ3n) is 3.29. The minimum absolute atomic E-state index is 0.371. The van der Waals surface area contributed by atoms with Gasteiger partial charge in [-0.05, 0) is 36.5 Å². The van der Waals surface area contributed by atoms with Crippen LogP contribution < -0.4 is 4.72 Å². The Morgan fingerprint density at radius 1 is 1.47 bits per heavy atom. The van der Waals surface area contributed by atoms with Crippen LogP contribution in [0.25, 0.3) is 0 Å². The van der Waals surface area contributed by atoms with Crippen LogP contribution in [-0.2, 0) is 16.1 Å². The molecule has 1 heterocycles. The first-order valence-corrected chi connectivity index (χ1v) is 8.41. The number of anilines is 1. The number of halogens is 1. The molecule has 1 fully saturated rings. The van der Waals surface area contributed by atoms with E-state index in [0.29, 0.717) is 30.6 Å². The Hall–Kier alpha value is -0.780. The monoisotopic (exact) mass is 302 g/mol. The molecule has 0 saturated carbocycles. The highest BCUT2D eigenvalue weighted by Gasteiger charge is 2.26. The lowest BCUT2D eigenvalue weighted by atomic mass is 10.0. The SMILES string of the molecule is CC1CCCN(S(=O)(=O)Nc2cccc(CCl)c2)C1. The molecule has 1 aromatic carbocycles. The van der Waals surface area contributed by atoms with Crippen LogP contribution in [0.1, 0.15) is 25.3 Å². The van der Waals surface area contributed by atoms with Gasteiger partial charge in [0.15, 0.2) is 0 Å². The van der Waals surface area contributed by atoms with Crippen molar-refractivity contribution in [3.05, 3.63) is 29.8 Å². The molecule has 0 spiro atoms. The average molecular weight is 303 g/mol. The number of nitrogens with zero attached hydrogens (tertiary/aromatic N) is 1. The predicted molar refractivity (Wildman–Crippen MR) is 78.5 cm³/mol. The van der Waals surface area contributed by atoms with Crippen molar-refractivity contribution in [2.75, 3.05) is 17.8 Å². The second-order valence-electron chi connectivity index (χ2n) is 5.05. The van der Waals surface area contributed by atoms with Gasteiger partial charge in [-0.15, -0.1) is 11.6 Å². The molecular weight excluding hydrogens is 284 g/mol. The normalized spacial score (nSPS) is 21.3. The number of benzene rings is 1. The lowest BCUT2D eigenvalue weighted by Crippen LogP contribution is -2.42. The highest BCUT2D eigenvalue weighted by molar-refractivity contribution is 7.90. The minimum atomic E-state index is -3.45. The minimum Gasteiger partial charge on any atom is -0.271 e. The molecule has 1 aromatic rings. The van der Waals surface area contributed by atoms with Crippen LogP contribution in [0.3, 0.4) is 0 Å². The van der Waals surface area contributed by atoms with E-state index in [4.69, 9.17) is 11.6 Å². The van der Waals surface area contributed by atoms with E-state index in [1.165, 1.54) is 4.31 Å². The smallest absolute Gasteiger partial charge is 0.271 e. The lowest BCUT2D eigenvalue weighted by Gasteiger charge is -2.30. The summed E-state index contributed by atoms with van der Waals surface area (Å²) in [6, 6.07) is 7.17. The molecule has 1 atom stereocenters. The summed E-state index contributed by atoms with van der Waals surface area (Å²) in [7, 11) is -3.45. The van der Waals surface area contributed by atoms with Crippen molar-refractivity contribution in [2.24, 2.45) is 5.92 Å². The van der Waals surface area contributed by atoms with Gasteiger partial charge in [0.2, 0.25) is 0 Å². The van der Waals surface area contributed by atoms with Crippen molar-refractivity contribution in [1.29, 1.82) is 0 Å². The number of piperidine rings is 1. The van der Waals surface area contributed by atoms with Crippen LogP contribution in [0.4, 0.5) is 5.69 Å². The van der Waals surface area contributed by atoms with Crippen molar-refractivity contribution < 1.29 is 8.42 Å². The molecule has 1 aliphatic rings. The van der Waals surface area contributed by atoms with Gasteiger partial charge in [-0.3, -0.25) is 4.72 Å². The van der Waals surface area contributed by atoms with E-state index in [1.54, 1.807) is 18.2 Å². The zero-order valence-electron chi connectivity index (χ0n) is 11.0. The molecule has 19 heavy (non-hydrogen) atoms. The van der Waals surface area contributed by atoms with Gasteiger partial charge in [0.25, 0.3) is 0 Å². The number of hydrogen-bond donors (Lipinski definition) is 1. The molecule has 1 N–H and O–H groups in total. The summed E-state index contributed by atoms with van der Waals surface area (Å²) < 4.78 is 28.7. The quantitative estimate of drug-likeness (QED) is 0.870. The highest BCUT2D eigenvalue weighted by atomic mass is 35.5. The molecule has 4 nitrogen and oxygen atoms in total. The van der Waals surface area contributed by atoms with Gasteiger partial charge < -0.3 is 0 Å². The fraction of sp³-hybridized carbons (Fsp3) is 0.538. The van der Waals surface area contributed by atoms with Crippen LogP contribution in [-0.4, -0.2) is 25.8 Å². The van der Waals surface area contributed by atoms with Gasteiger partial charge >= 0.3 is 10.2 Å². The fourth-order valence-corrected chi connectivity index (χ4v) is 3.84. The molecule has 1 saturated heterocycles. The van der Waals surface area contributed by atoms with Gasteiger partial charge in [0.05, 0.1) is 5.69 Å². The van der Waals surface area contributed by atoms with E-state index >= 15 is 0 Å². The summed E-state index contributed by atoms with van der Waals surface area (Å²) in [5.74, 6) is 0.788. The van der Waals surface area contributed by atoms with Gasteiger partial charge in [-0.1, -0.05) is 19.1 Å². The van der Waals surface area contributed by atoms with Crippen LogP contribution >= 0.6 is 11.6 Å². The summed E-state index contributed by atoms with van der Waals surface area (Å²) in [5.41, 5.74) is 1.46. The maximum Gasteiger partial charge on any atom is 0.301 e. The molecule has 0 bridgehead atoms. The Morgan fingerprint density at radius 3 is 2.95 bits per heavy atom. The number of nitrogens with one attached hydrogen (secondary N) is 1. The van der Waals surface area contributed by atoms with Crippen molar-refractivity contribution in [2.45, 2.75) is 25.6 Å². The van der Waals surface area contributed by atoms with Gasteiger partial charge in [0.1, 0.15) is 0 Å². The van der Waals surface area contributed by atoms with Gasteiger partial charge in [-0.25, -0.2) is 0 Å². The van der Waals surface area contributed by atoms with E-state index in [2.05, 4.69) is 11.6 Å². The Morgan fingerprint density at radius 2 is 2.26 bits per heavy atom. The maximum absolute atomic E-state index is 12.3. The van der Waals surface area contributed by atoms with E-state index in [1.807, 2.05) is 6.07 Å². The Kier molecular flexibility index (Phi) is 4.71. The first-order valence-electron chi connectivity index (χ1n) is 6.44. The first kappa shape index (κ1) is 14.6. The largest absolute Gasteiger partial charge is 0.301 e. The van der Waals surface area contributed by atoms with E-state index in [9.17, 15) is 8.42 Å². The van der Waals surface area contributed by atoms with Gasteiger partial charge in [0, 0.05) is 19.0 Å². The molecule has 106 valence electrons. The molecule has 1 unspecified atom stereocenters. The zero-order chi connectivity index (χ0) is 13.9. The Labute approximate surface area is 119 Å². The Balaban J connectivity index is 2.11. The second-order valence-corrected chi connectivity index (χ2v) is 6.98. The number of rotatable bonds is 4. The maximum atomic E-state index is 12.3. The van der Waals surface area contributed by atoms with Gasteiger partial charge in [-0.2, -0.15) is 12.7 Å². The fourth-order valence-electron chi connectivity index (χ4n) is 2.30. The summed E-state index contributed by atoms with van der Waals surface area (Å²) in [5, 5.41) is 0. The third-order valence-corrected chi connectivity index (χ3v) is 5.10. The summed E-state index contributed by atoms with van der Waals surface area (Å²) >= 11 is 5.75. The summed E-state index contributed by atoms with van der Waals surface area (Å²) in [4.78, 5) is 0. The highest BCUT2D eigenvalue weighted by Crippen LogP contribution is 2.21. The molecule has 0 amide bonds. The van der Waals surface area contributed by atoms with Crippen LogP contribution in [0.5, 0.6) is 0 Å². The zero-order valence-corrected chi connectivity index (χ0v) is 12.5. The number of hydrogen-bond acceptors (Lipinski definition) is 2. The molecule has 0 aromatic heterocycles. The van der Waals surface area contributed by atoms with E-state index in [-0.39, 0.29) is 0 Å². The van der Waals surface area contributed by atoms with Crippen molar-refractivity contribution in [1.82, 2.24) is 4.31 Å². The molecule has 1 aliphatic heterocycles. The molecule has 2 rings (SSSR count). The van der Waals surface area contributed by atoms with Crippen LogP contribution in [0, 0.1) is 5.92 Å². The lowest BCUT2D eigenvalue weighted by molar-refractivity contribution is 0.282. The molecule has 6 heteroatoms. The van der Waals surface area contributed by atoms with Crippen molar-refractivity contribution >= 4 is 27.5 Å². The van der Waals surface area contributed by atoms with E-state index in [0.717, 1.165) is 18.4 Å². The molecular formula is C13H19ClN2O2S. The summed E-state index contributed by atoms with van der Waals surface area (Å²) in [6.45, 7) is 3.26. The third kappa shape index (κ3) is 3.84. The Bertz CT molecular complexity index is 533. The summed E-state index contributed by atoms with van der Waals surface area (Å²) in [6.07, 6.45) is 2.01. The van der Waals surface area contributed by atoms with E-state index < -0.39 is 10.2 Å². The first-order chi connectivity index (χ1) is 9.01. The molecule has 0 aliphatic carbocycles. The predicted octanol–water partition coefficient (Wildman–Crippen LogP) is 2.81. The second kappa shape index (κ2) is 6.11.